The Kier molecular flexibility index (Phi) is 9.67. The number of terminal acetylenes is 1. The summed E-state index contributed by atoms with van der Waals surface area (Å²) >= 11 is 0. The van der Waals surface area contributed by atoms with Gasteiger partial charge in [0.15, 0.2) is 0 Å². The summed E-state index contributed by atoms with van der Waals surface area (Å²) in [7, 11) is 0. The van der Waals surface area contributed by atoms with Gasteiger partial charge in [0.2, 0.25) is 0 Å². The van der Waals surface area contributed by atoms with Gasteiger partial charge in [0.25, 0.3) is 0 Å². The van der Waals surface area contributed by atoms with Gasteiger partial charge in [-0.3, -0.25) is 0 Å². The lowest BCUT2D eigenvalue weighted by Gasteiger charge is -2.24. The van der Waals surface area contributed by atoms with Gasteiger partial charge in [-0.05, 0) is 39.7 Å². The van der Waals surface area contributed by atoms with Gasteiger partial charge in [0.05, 0.1) is 6.10 Å². The van der Waals surface area contributed by atoms with E-state index in [1.807, 2.05) is 6.92 Å². The summed E-state index contributed by atoms with van der Waals surface area (Å²) in [5.74, 6) is 2.68. The first kappa shape index (κ1) is 14.5. The molecule has 0 aromatic heterocycles. The molecule has 0 bridgehead atoms. The molecule has 0 aliphatic rings. The van der Waals surface area contributed by atoms with E-state index >= 15 is 0 Å². The molecular formula is C13H25NO. The predicted molar refractivity (Wildman–Crippen MR) is 65.9 cm³/mol. The zero-order chi connectivity index (χ0) is 11.5. The molecule has 1 N–H and O–H groups in total. The largest absolute Gasteiger partial charge is 0.377 e. The van der Waals surface area contributed by atoms with Gasteiger partial charge in [-0.1, -0.05) is 6.92 Å². The third-order valence-electron chi connectivity index (χ3n) is 2.49. The van der Waals surface area contributed by atoms with E-state index in [1.54, 1.807) is 0 Å². The van der Waals surface area contributed by atoms with Crippen molar-refractivity contribution in [2.45, 2.75) is 58.6 Å². The Bertz CT molecular complexity index is 174. The van der Waals surface area contributed by atoms with Gasteiger partial charge in [-0.2, -0.15) is 0 Å². The Labute approximate surface area is 94.8 Å². The Morgan fingerprint density at radius 1 is 1.40 bits per heavy atom. The van der Waals surface area contributed by atoms with Crippen molar-refractivity contribution in [2.24, 2.45) is 0 Å². The standard InChI is InChI=1S/C13H25NO/c1-5-8-9-10-13(14-11-6-2)12(4)15-7-3/h1,12-14H,6-11H2,2-4H3. The van der Waals surface area contributed by atoms with E-state index in [-0.39, 0.29) is 6.10 Å². The molecule has 0 heterocycles. The van der Waals surface area contributed by atoms with E-state index < -0.39 is 0 Å². The van der Waals surface area contributed by atoms with Gasteiger partial charge in [-0.25, -0.2) is 0 Å². The molecule has 2 atom stereocenters. The van der Waals surface area contributed by atoms with Gasteiger partial charge in [-0.15, -0.1) is 12.3 Å². The summed E-state index contributed by atoms with van der Waals surface area (Å²) in [5, 5.41) is 3.52. The first-order valence-corrected chi connectivity index (χ1v) is 6.04. The van der Waals surface area contributed by atoms with Crippen LogP contribution in [0.25, 0.3) is 0 Å². The van der Waals surface area contributed by atoms with Crippen LogP contribution in [-0.2, 0) is 4.74 Å². The van der Waals surface area contributed by atoms with Crippen molar-refractivity contribution in [3.8, 4) is 12.3 Å². The molecule has 2 heteroatoms. The first-order valence-electron chi connectivity index (χ1n) is 6.04. The summed E-state index contributed by atoms with van der Waals surface area (Å²) in [6, 6.07) is 0.443. The van der Waals surface area contributed by atoms with Crippen molar-refractivity contribution in [3.05, 3.63) is 0 Å². The number of unbranched alkanes of at least 4 members (excludes halogenated alkanes) is 1. The molecule has 0 aromatic carbocycles. The van der Waals surface area contributed by atoms with Gasteiger partial charge < -0.3 is 10.1 Å². The highest BCUT2D eigenvalue weighted by molar-refractivity contribution is 4.84. The normalized spacial score (nSPS) is 14.5. The van der Waals surface area contributed by atoms with Crippen molar-refractivity contribution in [2.75, 3.05) is 13.2 Å². The number of hydrogen-bond donors (Lipinski definition) is 1. The van der Waals surface area contributed by atoms with E-state index in [0.29, 0.717) is 6.04 Å². The monoisotopic (exact) mass is 211 g/mol. The predicted octanol–water partition coefficient (Wildman–Crippen LogP) is 2.58. The minimum absolute atomic E-state index is 0.277. The molecule has 0 aromatic rings. The summed E-state index contributed by atoms with van der Waals surface area (Å²) in [6.45, 7) is 8.18. The van der Waals surface area contributed by atoms with Crippen LogP contribution in [0.5, 0.6) is 0 Å². The second kappa shape index (κ2) is 10.0. The topological polar surface area (TPSA) is 21.3 Å². The second-order valence-electron chi connectivity index (χ2n) is 3.82. The highest BCUT2D eigenvalue weighted by Gasteiger charge is 2.15. The fourth-order valence-electron chi connectivity index (χ4n) is 1.64. The smallest absolute Gasteiger partial charge is 0.0699 e. The molecule has 2 nitrogen and oxygen atoms in total. The van der Waals surface area contributed by atoms with Crippen LogP contribution in [0.3, 0.4) is 0 Å². The lowest BCUT2D eigenvalue weighted by atomic mass is 10.0. The number of rotatable bonds is 9. The average molecular weight is 211 g/mol. The van der Waals surface area contributed by atoms with Crippen molar-refractivity contribution >= 4 is 0 Å². The van der Waals surface area contributed by atoms with E-state index in [9.17, 15) is 0 Å². The van der Waals surface area contributed by atoms with Crippen LogP contribution in [0.2, 0.25) is 0 Å². The van der Waals surface area contributed by atoms with Crippen molar-refractivity contribution in [1.29, 1.82) is 0 Å². The van der Waals surface area contributed by atoms with Gasteiger partial charge >= 0.3 is 0 Å². The van der Waals surface area contributed by atoms with Crippen molar-refractivity contribution in [1.82, 2.24) is 5.32 Å². The van der Waals surface area contributed by atoms with Crippen LogP contribution >= 0.6 is 0 Å². The van der Waals surface area contributed by atoms with Crippen LogP contribution in [0, 0.1) is 12.3 Å². The lowest BCUT2D eigenvalue weighted by Crippen LogP contribution is -2.40. The Morgan fingerprint density at radius 2 is 2.13 bits per heavy atom. The van der Waals surface area contributed by atoms with Crippen LogP contribution < -0.4 is 5.32 Å². The third kappa shape index (κ3) is 7.41. The van der Waals surface area contributed by atoms with E-state index in [1.165, 1.54) is 0 Å². The van der Waals surface area contributed by atoms with Crippen LogP contribution in [0.4, 0.5) is 0 Å². The summed E-state index contributed by atoms with van der Waals surface area (Å²) in [4.78, 5) is 0. The van der Waals surface area contributed by atoms with Gasteiger partial charge in [0.1, 0.15) is 0 Å². The molecule has 0 fully saturated rings. The van der Waals surface area contributed by atoms with Crippen LogP contribution in [0.15, 0.2) is 0 Å². The molecule has 88 valence electrons. The molecule has 0 aliphatic heterocycles. The number of ether oxygens (including phenoxy) is 1. The SMILES string of the molecule is C#CCCCC(NCCC)C(C)OCC. The minimum atomic E-state index is 0.277. The number of hydrogen-bond acceptors (Lipinski definition) is 2. The van der Waals surface area contributed by atoms with E-state index in [4.69, 9.17) is 11.2 Å². The fourth-order valence-corrected chi connectivity index (χ4v) is 1.64. The molecule has 2 unspecified atom stereocenters. The van der Waals surface area contributed by atoms with Crippen molar-refractivity contribution < 1.29 is 4.74 Å². The Morgan fingerprint density at radius 3 is 2.67 bits per heavy atom. The molecule has 0 spiro atoms. The van der Waals surface area contributed by atoms with Crippen molar-refractivity contribution in [3.63, 3.8) is 0 Å². The van der Waals surface area contributed by atoms with Gasteiger partial charge in [0, 0.05) is 19.1 Å². The molecule has 0 saturated carbocycles. The third-order valence-corrected chi connectivity index (χ3v) is 2.49. The van der Waals surface area contributed by atoms with E-state index in [2.05, 4.69) is 25.1 Å². The fraction of sp³-hybridized carbons (Fsp3) is 0.846. The lowest BCUT2D eigenvalue weighted by molar-refractivity contribution is 0.0448. The highest BCUT2D eigenvalue weighted by atomic mass is 16.5. The number of nitrogens with one attached hydrogen (secondary N) is 1. The molecule has 0 amide bonds. The Balaban J connectivity index is 3.88. The molecule has 0 rings (SSSR count). The maximum Gasteiger partial charge on any atom is 0.0699 e. The first-order chi connectivity index (χ1) is 7.26. The summed E-state index contributed by atoms with van der Waals surface area (Å²) < 4.78 is 5.62. The van der Waals surface area contributed by atoms with Crippen LogP contribution in [0.1, 0.15) is 46.5 Å². The zero-order valence-electron chi connectivity index (χ0n) is 10.4. The highest BCUT2D eigenvalue weighted by Crippen LogP contribution is 2.08. The Hall–Kier alpha value is -0.520. The average Bonchev–Trinajstić information content (AvgIpc) is 2.23. The molecular weight excluding hydrogens is 186 g/mol. The zero-order valence-corrected chi connectivity index (χ0v) is 10.4. The molecule has 15 heavy (non-hydrogen) atoms. The molecule has 0 saturated heterocycles. The summed E-state index contributed by atoms with van der Waals surface area (Å²) in [5.41, 5.74) is 0. The minimum Gasteiger partial charge on any atom is -0.377 e. The maximum atomic E-state index is 5.62. The molecule has 0 radical (unpaired) electrons. The maximum absolute atomic E-state index is 5.62. The molecule has 0 aliphatic carbocycles. The second-order valence-corrected chi connectivity index (χ2v) is 3.82. The van der Waals surface area contributed by atoms with E-state index in [0.717, 1.165) is 38.8 Å². The quantitative estimate of drug-likeness (QED) is 0.467. The summed E-state index contributed by atoms with van der Waals surface area (Å²) in [6.07, 6.45) is 9.73. The van der Waals surface area contributed by atoms with Crippen LogP contribution in [-0.4, -0.2) is 25.3 Å².